The molecule has 0 atom stereocenters. The second kappa shape index (κ2) is 6.73. The molecule has 19 heavy (non-hydrogen) atoms. The van der Waals surface area contributed by atoms with Crippen molar-refractivity contribution < 1.29 is 17.6 Å². The highest BCUT2D eigenvalue weighted by atomic mass is 28.4. The molecule has 0 aliphatic carbocycles. The molecule has 0 unspecified atom stereocenters. The highest BCUT2D eigenvalue weighted by Gasteiger charge is 2.22. The molecular formula is C13H16F3NOSi. The second-order valence-electron chi connectivity index (χ2n) is 4.93. The average molecular weight is 287 g/mol. The van der Waals surface area contributed by atoms with Crippen molar-refractivity contribution in [3.05, 3.63) is 35.1 Å². The first-order valence-corrected chi connectivity index (χ1v) is 9.11. The smallest absolute Gasteiger partial charge is 0.194 e. The van der Waals surface area contributed by atoms with Crippen LogP contribution in [0, 0.1) is 28.8 Å². The maximum atomic E-state index is 13.0. The molecule has 0 spiro atoms. The third kappa shape index (κ3) is 5.05. The van der Waals surface area contributed by atoms with E-state index in [4.69, 9.17) is 9.69 Å². The molecule has 0 heterocycles. The molecule has 0 saturated carbocycles. The Balaban J connectivity index is 2.59. The van der Waals surface area contributed by atoms with Crippen molar-refractivity contribution in [3.8, 4) is 6.07 Å². The van der Waals surface area contributed by atoms with Gasteiger partial charge in [0, 0.05) is 6.42 Å². The van der Waals surface area contributed by atoms with E-state index in [1.165, 1.54) is 0 Å². The molecule has 1 aromatic carbocycles. The standard InChI is InChI=1S/C13H16F3NOSi/c1-19(2,6-4-3-5-17)18-9-10-7-11(14)13(16)12(15)8-10/h7-8H,3-4,6,9H2,1-2H3. The Labute approximate surface area is 111 Å². The molecule has 104 valence electrons. The van der Waals surface area contributed by atoms with Gasteiger partial charge in [0.25, 0.3) is 0 Å². The van der Waals surface area contributed by atoms with Crippen LogP contribution in [0.25, 0.3) is 0 Å². The van der Waals surface area contributed by atoms with Crippen molar-refractivity contribution in [1.29, 1.82) is 5.26 Å². The Morgan fingerprint density at radius 2 is 1.79 bits per heavy atom. The number of nitriles is 1. The van der Waals surface area contributed by atoms with Gasteiger partial charge in [0.15, 0.2) is 25.8 Å². The number of nitrogens with zero attached hydrogens (tertiary/aromatic N) is 1. The Morgan fingerprint density at radius 1 is 1.21 bits per heavy atom. The van der Waals surface area contributed by atoms with Gasteiger partial charge in [-0.2, -0.15) is 5.26 Å². The first-order chi connectivity index (χ1) is 8.85. The lowest BCUT2D eigenvalue weighted by atomic mass is 10.2. The van der Waals surface area contributed by atoms with Crippen LogP contribution in [0.2, 0.25) is 19.1 Å². The van der Waals surface area contributed by atoms with Gasteiger partial charge in [-0.05, 0) is 43.3 Å². The van der Waals surface area contributed by atoms with E-state index in [1.54, 1.807) is 0 Å². The van der Waals surface area contributed by atoms with Crippen LogP contribution in [0.15, 0.2) is 12.1 Å². The molecule has 1 rings (SSSR count). The first-order valence-electron chi connectivity index (χ1n) is 6.00. The lowest BCUT2D eigenvalue weighted by Gasteiger charge is -2.22. The van der Waals surface area contributed by atoms with Crippen molar-refractivity contribution in [1.82, 2.24) is 0 Å². The summed E-state index contributed by atoms with van der Waals surface area (Å²) in [6, 6.07) is 4.74. The summed E-state index contributed by atoms with van der Waals surface area (Å²) in [5, 5.41) is 8.46. The van der Waals surface area contributed by atoms with Crippen molar-refractivity contribution in [3.63, 3.8) is 0 Å². The first kappa shape index (κ1) is 15.7. The number of benzene rings is 1. The summed E-state index contributed by atoms with van der Waals surface area (Å²) in [5.41, 5.74) is 0.275. The molecule has 0 bridgehead atoms. The van der Waals surface area contributed by atoms with Crippen LogP contribution in [-0.2, 0) is 11.0 Å². The van der Waals surface area contributed by atoms with Gasteiger partial charge in [0.1, 0.15) is 0 Å². The van der Waals surface area contributed by atoms with E-state index in [2.05, 4.69) is 6.07 Å². The van der Waals surface area contributed by atoms with E-state index < -0.39 is 25.8 Å². The number of hydrogen-bond donors (Lipinski definition) is 0. The van der Waals surface area contributed by atoms with Gasteiger partial charge in [-0.25, -0.2) is 13.2 Å². The topological polar surface area (TPSA) is 33.0 Å². The maximum Gasteiger partial charge on any atom is 0.194 e. The Bertz CT molecular complexity index is 462. The zero-order valence-electron chi connectivity index (χ0n) is 11.0. The third-order valence-electron chi connectivity index (χ3n) is 2.74. The van der Waals surface area contributed by atoms with E-state index >= 15 is 0 Å². The van der Waals surface area contributed by atoms with Crippen molar-refractivity contribution in [2.75, 3.05) is 0 Å². The molecule has 0 fully saturated rings. The quantitative estimate of drug-likeness (QED) is 0.448. The number of halogens is 3. The molecule has 0 N–H and O–H groups in total. The molecule has 2 nitrogen and oxygen atoms in total. The van der Waals surface area contributed by atoms with E-state index in [9.17, 15) is 13.2 Å². The van der Waals surface area contributed by atoms with E-state index in [1.807, 2.05) is 13.1 Å². The highest BCUT2D eigenvalue weighted by Crippen LogP contribution is 2.19. The van der Waals surface area contributed by atoms with Crippen LogP contribution in [0.1, 0.15) is 18.4 Å². The van der Waals surface area contributed by atoms with Gasteiger partial charge in [-0.15, -0.1) is 0 Å². The zero-order valence-corrected chi connectivity index (χ0v) is 12.0. The summed E-state index contributed by atoms with van der Waals surface area (Å²) in [7, 11) is -1.96. The normalized spacial score (nSPS) is 11.4. The molecule has 0 saturated heterocycles. The zero-order chi connectivity index (χ0) is 14.5. The lowest BCUT2D eigenvalue weighted by Crippen LogP contribution is -2.29. The van der Waals surface area contributed by atoms with Crippen LogP contribution >= 0.6 is 0 Å². The number of hydrogen-bond acceptors (Lipinski definition) is 2. The Morgan fingerprint density at radius 3 is 2.32 bits per heavy atom. The number of unbranched alkanes of at least 4 members (excludes halogenated alkanes) is 1. The monoisotopic (exact) mass is 287 g/mol. The number of rotatable bonds is 6. The summed E-state index contributed by atoms with van der Waals surface area (Å²) >= 11 is 0. The highest BCUT2D eigenvalue weighted by molar-refractivity contribution is 6.71. The van der Waals surface area contributed by atoms with Crippen molar-refractivity contribution >= 4 is 8.32 Å². The predicted molar refractivity (Wildman–Crippen MR) is 68.2 cm³/mol. The minimum Gasteiger partial charge on any atom is -0.413 e. The summed E-state index contributed by atoms with van der Waals surface area (Å²) in [6.45, 7) is 4.00. The predicted octanol–water partition coefficient (Wildman–Crippen LogP) is 4.13. The van der Waals surface area contributed by atoms with E-state index in [0.717, 1.165) is 24.6 Å². The van der Waals surface area contributed by atoms with Gasteiger partial charge in [0.05, 0.1) is 12.7 Å². The molecular weight excluding hydrogens is 271 g/mol. The van der Waals surface area contributed by atoms with Crippen LogP contribution < -0.4 is 0 Å². The van der Waals surface area contributed by atoms with E-state index in [0.29, 0.717) is 6.42 Å². The van der Waals surface area contributed by atoms with Gasteiger partial charge < -0.3 is 4.43 Å². The molecule has 0 aliphatic heterocycles. The molecule has 6 heteroatoms. The van der Waals surface area contributed by atoms with Crippen LogP contribution in [0.3, 0.4) is 0 Å². The summed E-state index contributed by atoms with van der Waals surface area (Å²) in [4.78, 5) is 0. The Kier molecular flexibility index (Phi) is 5.57. The maximum absolute atomic E-state index is 13.0. The van der Waals surface area contributed by atoms with Crippen LogP contribution in [-0.4, -0.2) is 8.32 Å². The molecule has 0 amide bonds. The van der Waals surface area contributed by atoms with Gasteiger partial charge >= 0.3 is 0 Å². The Hall–Kier alpha value is -1.32. The fraction of sp³-hybridized carbons (Fsp3) is 0.462. The van der Waals surface area contributed by atoms with Gasteiger partial charge in [-0.1, -0.05) is 0 Å². The second-order valence-corrected chi connectivity index (χ2v) is 9.24. The molecule has 0 aliphatic rings. The van der Waals surface area contributed by atoms with Gasteiger partial charge in [0.2, 0.25) is 0 Å². The summed E-state index contributed by atoms with van der Waals surface area (Å²) < 4.78 is 44.5. The van der Waals surface area contributed by atoms with Crippen LogP contribution in [0.4, 0.5) is 13.2 Å². The largest absolute Gasteiger partial charge is 0.413 e. The molecule has 0 radical (unpaired) electrons. The molecule has 0 aromatic heterocycles. The minimum atomic E-state index is -1.96. The SMILES string of the molecule is C[Si](C)(CCCC#N)OCc1cc(F)c(F)c(F)c1. The summed E-state index contributed by atoms with van der Waals surface area (Å²) in [5.74, 6) is -3.88. The molecule has 1 aromatic rings. The summed E-state index contributed by atoms with van der Waals surface area (Å²) in [6.07, 6.45) is 1.22. The fourth-order valence-corrected chi connectivity index (χ4v) is 3.37. The van der Waals surface area contributed by atoms with Crippen molar-refractivity contribution in [2.24, 2.45) is 0 Å². The lowest BCUT2D eigenvalue weighted by molar-refractivity contribution is 0.291. The van der Waals surface area contributed by atoms with Crippen molar-refractivity contribution in [2.45, 2.75) is 38.6 Å². The fourth-order valence-electron chi connectivity index (χ4n) is 1.64. The van der Waals surface area contributed by atoms with Gasteiger partial charge in [-0.3, -0.25) is 0 Å². The van der Waals surface area contributed by atoms with Crippen LogP contribution in [0.5, 0.6) is 0 Å². The van der Waals surface area contributed by atoms with E-state index in [-0.39, 0.29) is 12.2 Å². The average Bonchev–Trinajstić information content (AvgIpc) is 2.33. The third-order valence-corrected chi connectivity index (χ3v) is 5.22. The minimum absolute atomic E-state index is 0.0555.